The van der Waals surface area contributed by atoms with Crippen molar-refractivity contribution in [1.29, 1.82) is 0 Å². The first kappa shape index (κ1) is 31.9. The number of nitrogens with zero attached hydrogens (tertiary/aromatic N) is 2. The van der Waals surface area contributed by atoms with Crippen LogP contribution in [0.2, 0.25) is 0 Å². The Labute approximate surface area is 240 Å². The van der Waals surface area contributed by atoms with Gasteiger partial charge in [-0.05, 0) is 42.4 Å². The monoisotopic (exact) mass is 585 g/mol. The minimum absolute atomic E-state index is 0.320. The first-order valence-electron chi connectivity index (χ1n) is 11.7. The number of amidine groups is 1. The van der Waals surface area contributed by atoms with Crippen LogP contribution in [0.3, 0.4) is 0 Å². The van der Waals surface area contributed by atoms with Crippen LogP contribution in [0.25, 0.3) is 0 Å². The van der Waals surface area contributed by atoms with Crippen LogP contribution < -0.4 is 16.4 Å². The third-order valence-electron chi connectivity index (χ3n) is 4.97. The Morgan fingerprint density at radius 3 is 2.05 bits per heavy atom. The summed E-state index contributed by atoms with van der Waals surface area (Å²) in [6.07, 6.45) is 3.11. The van der Waals surface area contributed by atoms with E-state index >= 15 is 0 Å². The second-order valence-electron chi connectivity index (χ2n) is 7.51. The normalized spacial score (nSPS) is 10.5. The van der Waals surface area contributed by atoms with Gasteiger partial charge in [0.1, 0.15) is 30.6 Å². The number of hydrogen-bond donors (Lipinski definition) is 5. The van der Waals surface area contributed by atoms with E-state index in [0.29, 0.717) is 39.1 Å². The summed E-state index contributed by atoms with van der Waals surface area (Å²) < 4.78 is 10.5. The highest BCUT2D eigenvalue weighted by atomic mass is 33.0. The number of H-pyrrole nitrogens is 1. The molecule has 0 aliphatic rings. The van der Waals surface area contributed by atoms with Crippen molar-refractivity contribution in [2.24, 2.45) is 16.6 Å². The van der Waals surface area contributed by atoms with E-state index in [0.717, 1.165) is 28.3 Å². The van der Waals surface area contributed by atoms with Gasteiger partial charge in [-0.1, -0.05) is 60.7 Å². The zero-order chi connectivity index (χ0) is 28.1. The van der Waals surface area contributed by atoms with Crippen molar-refractivity contribution in [2.45, 2.75) is 12.6 Å². The van der Waals surface area contributed by atoms with Gasteiger partial charge in [0, 0.05) is 18.0 Å². The van der Waals surface area contributed by atoms with E-state index in [2.05, 4.69) is 44.3 Å². The molecule has 39 heavy (non-hydrogen) atoms. The molecule has 4 rings (SSSR count). The molecule has 0 saturated carbocycles. The summed E-state index contributed by atoms with van der Waals surface area (Å²) in [6, 6.07) is 26.7. The van der Waals surface area contributed by atoms with Crippen LogP contribution in [0.5, 0.6) is 5.75 Å². The molecular formula is C27H32N5O4PS2. The summed E-state index contributed by atoms with van der Waals surface area (Å²) in [5.74, 6) is 6.87. The smallest absolute Gasteiger partial charge is 0.294 e. The second kappa shape index (κ2) is 19.7. The number of aromatic nitrogens is 2. The molecule has 1 aromatic heterocycles. The molecule has 0 fully saturated rings. The fourth-order valence-electron chi connectivity index (χ4n) is 3.23. The molecule has 0 radical (unpaired) electrons. The van der Waals surface area contributed by atoms with E-state index < -0.39 is 0 Å². The van der Waals surface area contributed by atoms with Gasteiger partial charge in [0.15, 0.2) is 6.10 Å². The standard InChI is InChI=1S/C14H12O2.C13H17N5O2.H3PS2/c15-11-16-14(12-7-3-1-4-8-12)13-9-5-2-6-10-13;14-13(18-9-12-16-5-6-17-12)10-1-3-11(4-2-10)19-7-8-20-15;2-1-3/h1-11,14H;1-6H,7-9,15H2,(H2,14,18)(H,16,17);1-3H. The van der Waals surface area contributed by atoms with E-state index in [4.69, 9.17) is 21.1 Å². The number of carbonyl (C=O) groups excluding carboxylic acids is 1. The van der Waals surface area contributed by atoms with Crippen molar-refractivity contribution in [2.75, 3.05) is 13.2 Å². The lowest BCUT2D eigenvalue weighted by atomic mass is 10.0. The number of ether oxygens (including phenoxy) is 2. The van der Waals surface area contributed by atoms with Crippen molar-refractivity contribution in [3.63, 3.8) is 0 Å². The van der Waals surface area contributed by atoms with Crippen LogP contribution in [-0.4, -0.2) is 35.5 Å². The summed E-state index contributed by atoms with van der Waals surface area (Å²) in [5.41, 5.74) is 8.69. The molecule has 0 aliphatic heterocycles. The molecule has 0 amide bonds. The number of carbonyl (C=O) groups is 1. The Hall–Kier alpha value is -3.34. The quantitative estimate of drug-likeness (QED) is 0.0322. The highest BCUT2D eigenvalue weighted by Crippen LogP contribution is 2.24. The van der Waals surface area contributed by atoms with Gasteiger partial charge in [-0.3, -0.25) is 9.79 Å². The number of imidazole rings is 1. The minimum atomic E-state index is -0.320. The average Bonchev–Trinajstić information content (AvgIpc) is 3.51. The number of benzene rings is 3. The highest BCUT2D eigenvalue weighted by molar-refractivity contribution is 8.71. The molecule has 206 valence electrons. The Morgan fingerprint density at radius 1 is 0.974 bits per heavy atom. The van der Waals surface area contributed by atoms with E-state index in [1.807, 2.05) is 84.9 Å². The van der Waals surface area contributed by atoms with Crippen molar-refractivity contribution < 1.29 is 19.1 Å². The SMILES string of the molecule is NOCCOc1ccc(C(N)=NCc2ncc[nH]2)cc1.O=COC(c1ccccc1)c1ccccc1.SPS. The number of aliphatic imine (C=N–C) groups is 1. The number of nitrogens with two attached hydrogens (primary N) is 2. The fourth-order valence-corrected chi connectivity index (χ4v) is 3.23. The minimum Gasteiger partial charge on any atom is -0.491 e. The van der Waals surface area contributed by atoms with Crippen LogP contribution in [0.1, 0.15) is 28.6 Å². The van der Waals surface area contributed by atoms with E-state index in [9.17, 15) is 4.79 Å². The van der Waals surface area contributed by atoms with Gasteiger partial charge in [-0.2, -0.15) is 0 Å². The van der Waals surface area contributed by atoms with Gasteiger partial charge < -0.3 is 25.0 Å². The van der Waals surface area contributed by atoms with Crippen LogP contribution in [0, 0.1) is 0 Å². The lowest BCUT2D eigenvalue weighted by Gasteiger charge is -2.15. The average molecular weight is 586 g/mol. The fraction of sp³-hybridized carbons (Fsp3) is 0.148. The highest BCUT2D eigenvalue weighted by Gasteiger charge is 2.13. The van der Waals surface area contributed by atoms with E-state index in [-0.39, 0.29) is 6.10 Å². The van der Waals surface area contributed by atoms with Crippen molar-refractivity contribution >= 4 is 43.8 Å². The molecular weight excluding hydrogens is 553 g/mol. The number of thiol groups is 2. The van der Waals surface area contributed by atoms with Crippen molar-refractivity contribution in [3.05, 3.63) is 120 Å². The molecule has 4 aromatic rings. The van der Waals surface area contributed by atoms with Gasteiger partial charge in [0.05, 0.1) is 6.54 Å². The molecule has 0 bridgehead atoms. The molecule has 0 unspecified atom stereocenters. The summed E-state index contributed by atoms with van der Waals surface area (Å²) in [7, 11) is 0. The molecule has 5 N–H and O–H groups in total. The maximum Gasteiger partial charge on any atom is 0.294 e. The molecule has 0 saturated heterocycles. The molecule has 0 aliphatic carbocycles. The summed E-state index contributed by atoms with van der Waals surface area (Å²) in [4.78, 5) is 26.3. The van der Waals surface area contributed by atoms with Gasteiger partial charge in [-0.15, -0.1) is 24.5 Å². The number of aromatic amines is 1. The maximum atomic E-state index is 10.5. The Kier molecular flexibility index (Phi) is 16.1. The molecule has 3 aromatic carbocycles. The predicted molar refractivity (Wildman–Crippen MR) is 163 cm³/mol. The lowest BCUT2D eigenvalue weighted by molar-refractivity contribution is -0.132. The summed E-state index contributed by atoms with van der Waals surface area (Å²) in [5, 5.41) is 0. The van der Waals surface area contributed by atoms with E-state index in [1.165, 1.54) is 0 Å². The summed E-state index contributed by atoms with van der Waals surface area (Å²) in [6.45, 7) is 2.13. The third-order valence-corrected chi connectivity index (χ3v) is 4.97. The van der Waals surface area contributed by atoms with Crippen molar-refractivity contribution in [1.82, 2.24) is 9.97 Å². The molecule has 0 atom stereocenters. The van der Waals surface area contributed by atoms with Gasteiger partial charge in [-0.25, -0.2) is 10.9 Å². The molecule has 12 heteroatoms. The first-order valence-corrected chi connectivity index (χ1v) is 15.3. The molecule has 1 heterocycles. The topological polar surface area (TPSA) is 138 Å². The third kappa shape index (κ3) is 12.4. The summed E-state index contributed by atoms with van der Waals surface area (Å²) >= 11 is 7.36. The van der Waals surface area contributed by atoms with E-state index in [1.54, 1.807) is 12.4 Å². The zero-order valence-corrected chi connectivity index (χ0v) is 23.9. The van der Waals surface area contributed by atoms with Crippen LogP contribution in [-0.2, 0) is 20.9 Å². The molecule has 0 spiro atoms. The Balaban J connectivity index is 0.000000253. The van der Waals surface area contributed by atoms with Gasteiger partial charge in [0.2, 0.25) is 0 Å². The van der Waals surface area contributed by atoms with Crippen LogP contribution in [0.15, 0.2) is 102 Å². The lowest BCUT2D eigenvalue weighted by Crippen LogP contribution is -2.14. The number of rotatable bonds is 11. The van der Waals surface area contributed by atoms with Gasteiger partial charge in [0.25, 0.3) is 6.47 Å². The van der Waals surface area contributed by atoms with Gasteiger partial charge >= 0.3 is 0 Å². The largest absolute Gasteiger partial charge is 0.491 e. The maximum absolute atomic E-state index is 10.5. The number of hydrogen-bond acceptors (Lipinski definition) is 9. The van der Waals surface area contributed by atoms with Crippen LogP contribution in [0.4, 0.5) is 0 Å². The first-order chi connectivity index (χ1) is 19.1. The predicted octanol–water partition coefficient (Wildman–Crippen LogP) is 4.89. The van der Waals surface area contributed by atoms with Crippen LogP contribution >= 0.6 is 31.5 Å². The Morgan fingerprint density at radius 2 is 1.56 bits per heavy atom. The number of nitrogens with one attached hydrogen (secondary N) is 1. The van der Waals surface area contributed by atoms with Crippen molar-refractivity contribution in [3.8, 4) is 5.75 Å². The Bertz CT molecular complexity index is 1160. The molecule has 9 nitrogen and oxygen atoms in total. The zero-order valence-electron chi connectivity index (χ0n) is 21.1. The second-order valence-corrected chi connectivity index (χ2v) is 10.1.